The predicted octanol–water partition coefficient (Wildman–Crippen LogP) is 4.90. The monoisotopic (exact) mass is 482 g/mol. The van der Waals surface area contributed by atoms with E-state index < -0.39 is 54.5 Å². The van der Waals surface area contributed by atoms with Crippen LogP contribution in [0.1, 0.15) is 33.3 Å². The molecule has 3 atom stereocenters. The molecule has 2 aromatic carbocycles. The number of benzene rings is 2. The van der Waals surface area contributed by atoms with E-state index in [-0.39, 0.29) is 12.0 Å². The van der Waals surface area contributed by atoms with Crippen molar-refractivity contribution in [1.82, 2.24) is 5.32 Å². The lowest BCUT2D eigenvalue weighted by Gasteiger charge is -2.28. The summed E-state index contributed by atoms with van der Waals surface area (Å²) in [7, 11) is -4.25. The van der Waals surface area contributed by atoms with Crippen LogP contribution in [-0.2, 0) is 20.5 Å². The van der Waals surface area contributed by atoms with Crippen LogP contribution in [0.3, 0.4) is 0 Å². The first-order chi connectivity index (χ1) is 15.2. The second-order valence-corrected chi connectivity index (χ2v) is 11.3. The Morgan fingerprint density at radius 3 is 2.21 bits per heavy atom. The fourth-order valence-electron chi connectivity index (χ4n) is 3.08. The number of anilines is 1. The second-order valence-electron chi connectivity index (χ2n) is 8.84. The smallest absolute Gasteiger partial charge is 0.408 e. The van der Waals surface area contributed by atoms with Crippen LogP contribution in [-0.4, -0.2) is 34.4 Å². The summed E-state index contributed by atoms with van der Waals surface area (Å²) in [6.07, 6.45) is -1.77. The molecule has 0 spiro atoms. The molecule has 3 unspecified atom stereocenters. The third-order valence-electron chi connectivity index (χ3n) is 4.55. The fourth-order valence-corrected chi connectivity index (χ4v) is 5.09. The van der Waals surface area contributed by atoms with Crippen molar-refractivity contribution in [1.29, 1.82) is 0 Å². The predicted molar refractivity (Wildman–Crippen MR) is 122 cm³/mol. The van der Waals surface area contributed by atoms with E-state index in [1.54, 1.807) is 51.1 Å². The molecule has 7 nitrogen and oxygen atoms in total. The second kappa shape index (κ2) is 10.9. The number of nitrogens with one attached hydrogen (secondary N) is 2. The van der Waals surface area contributed by atoms with Gasteiger partial charge < -0.3 is 20.3 Å². The Hall–Kier alpha value is -2.77. The minimum atomic E-state index is -4.25. The first-order valence-electron chi connectivity index (χ1n) is 10.4. The Bertz CT molecular complexity index is 1010. The summed E-state index contributed by atoms with van der Waals surface area (Å²) in [4.78, 5) is 35.6. The molecule has 0 aliphatic carbocycles. The lowest BCUT2D eigenvalue weighted by molar-refractivity contribution is -0.118. The van der Waals surface area contributed by atoms with Gasteiger partial charge in [0.25, 0.3) is 0 Å². The van der Waals surface area contributed by atoms with E-state index in [0.29, 0.717) is 11.8 Å². The Morgan fingerprint density at radius 1 is 1.09 bits per heavy atom. The Balaban J connectivity index is 2.21. The lowest BCUT2D eigenvalue weighted by atomic mass is 10.1. The molecule has 10 heteroatoms. The average Bonchev–Trinajstić information content (AvgIpc) is 2.65. The highest BCUT2D eigenvalue weighted by Gasteiger charge is 2.37. The third kappa shape index (κ3) is 8.94. The topological polar surface area (TPSA) is 105 Å². The van der Waals surface area contributed by atoms with Gasteiger partial charge in [-0.25, -0.2) is 13.6 Å². The van der Waals surface area contributed by atoms with Crippen LogP contribution >= 0.6 is 7.37 Å². The molecule has 0 aliphatic rings. The molecular weight excluding hydrogens is 453 g/mol. The Labute approximate surface area is 192 Å². The summed E-state index contributed by atoms with van der Waals surface area (Å²) in [6, 6.07) is 11.3. The van der Waals surface area contributed by atoms with Gasteiger partial charge in [0, 0.05) is 30.3 Å². The number of alkyl carbamates (subject to hydrolysis) is 1. The minimum absolute atomic E-state index is 0.0734. The van der Waals surface area contributed by atoms with Gasteiger partial charge >= 0.3 is 6.09 Å². The number of rotatable bonds is 8. The van der Waals surface area contributed by atoms with Gasteiger partial charge in [-0.3, -0.25) is 9.36 Å². The lowest BCUT2D eigenvalue weighted by Crippen LogP contribution is -2.41. The summed E-state index contributed by atoms with van der Waals surface area (Å²) in [6.45, 7) is 6.35. The van der Waals surface area contributed by atoms with Gasteiger partial charge in [0.15, 0.2) is 0 Å². The van der Waals surface area contributed by atoms with Crippen molar-refractivity contribution in [3.63, 3.8) is 0 Å². The van der Waals surface area contributed by atoms with Crippen molar-refractivity contribution in [3.05, 3.63) is 65.7 Å². The van der Waals surface area contributed by atoms with Gasteiger partial charge in [-0.15, -0.1) is 0 Å². The summed E-state index contributed by atoms with van der Waals surface area (Å²) < 4.78 is 45.7. The van der Waals surface area contributed by atoms with Gasteiger partial charge in [0.2, 0.25) is 13.3 Å². The SMILES string of the molecule is CC(CP(=O)(O)C(Cc1cc(F)cc(F)c1)NC(=O)OC(C)(C)C)C(=O)Nc1ccccc1. The fraction of sp³-hybridized carbons (Fsp3) is 0.391. The van der Waals surface area contributed by atoms with Gasteiger partial charge in [0.05, 0.1) is 0 Å². The third-order valence-corrected chi connectivity index (χ3v) is 6.90. The molecule has 0 saturated carbocycles. The number of halogens is 2. The molecule has 0 aliphatic heterocycles. The van der Waals surface area contributed by atoms with Crippen molar-refractivity contribution in [2.24, 2.45) is 5.92 Å². The van der Waals surface area contributed by atoms with E-state index in [0.717, 1.165) is 12.1 Å². The van der Waals surface area contributed by atoms with E-state index in [2.05, 4.69) is 10.6 Å². The van der Waals surface area contributed by atoms with Crippen molar-refractivity contribution in [2.45, 2.75) is 45.5 Å². The van der Waals surface area contributed by atoms with Crippen molar-refractivity contribution >= 4 is 25.1 Å². The van der Waals surface area contributed by atoms with Gasteiger partial charge in [-0.05, 0) is 50.6 Å². The highest BCUT2D eigenvalue weighted by Crippen LogP contribution is 2.48. The summed E-state index contributed by atoms with van der Waals surface area (Å²) in [5.74, 6) is -4.52. The van der Waals surface area contributed by atoms with Gasteiger partial charge in [-0.2, -0.15) is 0 Å². The van der Waals surface area contributed by atoms with Crippen LogP contribution in [0.25, 0.3) is 0 Å². The van der Waals surface area contributed by atoms with Gasteiger partial charge in [-0.1, -0.05) is 25.1 Å². The van der Waals surface area contributed by atoms with Crippen LogP contribution in [0.4, 0.5) is 19.3 Å². The summed E-state index contributed by atoms with van der Waals surface area (Å²) in [5.41, 5.74) is -0.271. The van der Waals surface area contributed by atoms with Crippen molar-refractivity contribution < 1.29 is 32.6 Å². The number of ether oxygens (including phenoxy) is 1. The number of hydrogen-bond acceptors (Lipinski definition) is 4. The maximum Gasteiger partial charge on any atom is 0.408 e. The highest BCUT2D eigenvalue weighted by atomic mass is 31.2. The summed E-state index contributed by atoms with van der Waals surface area (Å²) in [5, 5.41) is 5.00. The molecule has 0 radical (unpaired) electrons. The molecule has 0 fully saturated rings. The van der Waals surface area contributed by atoms with Gasteiger partial charge in [0.1, 0.15) is 23.0 Å². The van der Waals surface area contributed by atoms with Crippen LogP contribution in [0.5, 0.6) is 0 Å². The standard InChI is InChI=1S/C23H29F2N2O5P/c1-15(21(28)26-19-8-6-5-7-9-19)14-33(30,31)20(27-22(29)32-23(2,3)4)12-16-10-17(24)13-18(25)11-16/h5-11,13,15,20H,12,14H2,1-4H3,(H,26,28)(H,27,29)(H,30,31). The number of carbonyl (C=O) groups is 2. The molecule has 180 valence electrons. The van der Waals surface area contributed by atoms with E-state index in [4.69, 9.17) is 4.74 Å². The van der Waals surface area contributed by atoms with Crippen LogP contribution in [0.15, 0.2) is 48.5 Å². The molecular formula is C23H29F2N2O5P. The molecule has 0 bridgehead atoms. The zero-order chi connectivity index (χ0) is 24.8. The maximum absolute atomic E-state index is 13.6. The minimum Gasteiger partial charge on any atom is -0.444 e. The number of amides is 2. The normalized spacial score (nSPS) is 15.1. The van der Waals surface area contributed by atoms with Crippen LogP contribution < -0.4 is 10.6 Å². The van der Waals surface area contributed by atoms with E-state index >= 15 is 0 Å². The summed E-state index contributed by atoms with van der Waals surface area (Å²) >= 11 is 0. The molecule has 0 heterocycles. The Morgan fingerprint density at radius 2 is 1.67 bits per heavy atom. The molecule has 33 heavy (non-hydrogen) atoms. The number of hydrogen-bond donors (Lipinski definition) is 3. The van der Waals surface area contributed by atoms with Crippen molar-refractivity contribution in [3.8, 4) is 0 Å². The zero-order valence-electron chi connectivity index (χ0n) is 19.0. The molecule has 2 amide bonds. The van der Waals surface area contributed by atoms with E-state index in [9.17, 15) is 27.8 Å². The Kier molecular flexibility index (Phi) is 8.75. The molecule has 2 rings (SSSR count). The first kappa shape index (κ1) is 26.5. The largest absolute Gasteiger partial charge is 0.444 e. The quantitative estimate of drug-likeness (QED) is 0.464. The first-order valence-corrected chi connectivity index (χ1v) is 12.3. The number of para-hydroxylation sites is 1. The average molecular weight is 482 g/mol. The van der Waals surface area contributed by atoms with Crippen molar-refractivity contribution in [2.75, 3.05) is 11.5 Å². The molecule has 0 saturated heterocycles. The molecule has 0 aromatic heterocycles. The van der Waals surface area contributed by atoms with Crippen LogP contribution in [0.2, 0.25) is 0 Å². The van der Waals surface area contributed by atoms with E-state index in [1.165, 1.54) is 6.92 Å². The zero-order valence-corrected chi connectivity index (χ0v) is 19.9. The molecule has 3 N–H and O–H groups in total. The molecule has 2 aromatic rings. The van der Waals surface area contributed by atoms with E-state index in [1.807, 2.05) is 0 Å². The highest BCUT2D eigenvalue weighted by molar-refractivity contribution is 7.58. The van der Waals surface area contributed by atoms with Crippen LogP contribution in [0, 0.1) is 17.6 Å². The number of carbonyl (C=O) groups excluding carboxylic acids is 2. The maximum atomic E-state index is 13.6.